The van der Waals surface area contributed by atoms with E-state index in [1.165, 1.54) is 0 Å². The van der Waals surface area contributed by atoms with Crippen molar-refractivity contribution >= 4 is 5.78 Å². The molecule has 0 bridgehead atoms. The largest absolute Gasteiger partial charge is 0.307 e. The third kappa shape index (κ3) is 1.52. The summed E-state index contributed by atoms with van der Waals surface area (Å²) in [6.45, 7) is 6.10. The number of ketones is 1. The van der Waals surface area contributed by atoms with Gasteiger partial charge in [-0.3, -0.25) is 4.79 Å². The average molecular weight is 170 g/mol. The summed E-state index contributed by atoms with van der Waals surface area (Å²) in [5.41, 5.74) is 10.4. The highest BCUT2D eigenvalue weighted by molar-refractivity contribution is 5.89. The molecule has 1 atom stereocenters. The summed E-state index contributed by atoms with van der Waals surface area (Å²) < 4.78 is 0. The molecule has 1 fully saturated rings. The van der Waals surface area contributed by atoms with E-state index in [1.807, 2.05) is 6.92 Å². The molecular weight excluding hydrogens is 152 g/mol. The number of rotatable bonds is 0. The molecule has 0 amide bonds. The number of Topliss-reactive ketones (excluding diaryl/α,β-unsaturated/α-hetero) is 1. The molecule has 0 aromatic carbocycles. The molecule has 12 heavy (non-hydrogen) atoms. The van der Waals surface area contributed by atoms with Crippen LogP contribution < -0.4 is 11.5 Å². The van der Waals surface area contributed by atoms with Gasteiger partial charge in [0.05, 0.1) is 0 Å². The van der Waals surface area contributed by atoms with Crippen LogP contribution in [0.3, 0.4) is 0 Å². The van der Waals surface area contributed by atoms with Crippen LogP contribution in [0.25, 0.3) is 0 Å². The van der Waals surface area contributed by atoms with Crippen LogP contribution in [0.15, 0.2) is 0 Å². The summed E-state index contributed by atoms with van der Waals surface area (Å²) in [5, 5.41) is 0. The van der Waals surface area contributed by atoms with E-state index in [2.05, 4.69) is 13.8 Å². The smallest absolute Gasteiger partial charge is 0.167 e. The van der Waals surface area contributed by atoms with E-state index in [0.717, 1.165) is 6.42 Å². The van der Waals surface area contributed by atoms with Crippen LogP contribution in [0.4, 0.5) is 0 Å². The van der Waals surface area contributed by atoms with Crippen LogP contribution in [-0.2, 0) is 4.79 Å². The van der Waals surface area contributed by atoms with E-state index in [9.17, 15) is 4.79 Å². The van der Waals surface area contributed by atoms with Crippen molar-refractivity contribution in [1.29, 1.82) is 0 Å². The Morgan fingerprint density at radius 1 is 1.42 bits per heavy atom. The topological polar surface area (TPSA) is 69.1 Å². The van der Waals surface area contributed by atoms with Crippen molar-refractivity contribution < 1.29 is 4.79 Å². The summed E-state index contributed by atoms with van der Waals surface area (Å²) in [4.78, 5) is 11.5. The Hall–Kier alpha value is -0.410. The molecule has 1 aliphatic rings. The minimum Gasteiger partial charge on any atom is -0.307 e. The molecule has 1 saturated carbocycles. The van der Waals surface area contributed by atoms with E-state index in [0.29, 0.717) is 6.42 Å². The SMILES string of the molecule is C[C@@H]1CC(C)(C)CC(=O)C1(N)N. The summed E-state index contributed by atoms with van der Waals surface area (Å²) >= 11 is 0. The predicted octanol–water partition coefficient (Wildman–Crippen LogP) is 0.625. The Kier molecular flexibility index (Phi) is 2.05. The standard InChI is InChI=1S/C9H18N2O/c1-6-4-8(2,3)5-7(12)9(6,10)11/h6H,4-5,10-11H2,1-3H3/t6-/m1/s1. The van der Waals surface area contributed by atoms with Gasteiger partial charge in [0, 0.05) is 6.42 Å². The lowest BCUT2D eigenvalue weighted by molar-refractivity contribution is -0.132. The number of hydrogen-bond donors (Lipinski definition) is 2. The molecule has 1 aliphatic carbocycles. The van der Waals surface area contributed by atoms with Crippen molar-refractivity contribution in [2.24, 2.45) is 22.8 Å². The molecule has 4 N–H and O–H groups in total. The highest BCUT2D eigenvalue weighted by Gasteiger charge is 2.44. The summed E-state index contributed by atoms with van der Waals surface area (Å²) in [7, 11) is 0. The molecular formula is C9H18N2O. The zero-order valence-corrected chi connectivity index (χ0v) is 8.05. The second kappa shape index (κ2) is 2.54. The normalized spacial score (nSPS) is 33.4. The highest BCUT2D eigenvalue weighted by atomic mass is 16.1. The van der Waals surface area contributed by atoms with Gasteiger partial charge in [0.2, 0.25) is 0 Å². The van der Waals surface area contributed by atoms with Crippen molar-refractivity contribution in [2.45, 2.75) is 39.3 Å². The van der Waals surface area contributed by atoms with Crippen LogP contribution in [0.5, 0.6) is 0 Å². The first-order valence-corrected chi connectivity index (χ1v) is 4.37. The van der Waals surface area contributed by atoms with Crippen molar-refractivity contribution in [3.63, 3.8) is 0 Å². The van der Waals surface area contributed by atoms with E-state index in [-0.39, 0.29) is 17.1 Å². The second-order valence-electron chi connectivity index (χ2n) is 4.80. The highest BCUT2D eigenvalue weighted by Crippen LogP contribution is 2.38. The minimum absolute atomic E-state index is 0.00810. The maximum Gasteiger partial charge on any atom is 0.167 e. The summed E-state index contributed by atoms with van der Waals surface area (Å²) in [6.07, 6.45) is 1.43. The molecule has 70 valence electrons. The molecule has 3 nitrogen and oxygen atoms in total. The molecule has 0 unspecified atom stereocenters. The quantitative estimate of drug-likeness (QED) is 0.524. The van der Waals surface area contributed by atoms with E-state index < -0.39 is 5.66 Å². The van der Waals surface area contributed by atoms with Gasteiger partial charge in [0.1, 0.15) is 5.66 Å². The Morgan fingerprint density at radius 3 is 2.33 bits per heavy atom. The van der Waals surface area contributed by atoms with Crippen molar-refractivity contribution in [3.8, 4) is 0 Å². The molecule has 0 heterocycles. The summed E-state index contributed by atoms with van der Waals surface area (Å²) in [6, 6.07) is 0. The van der Waals surface area contributed by atoms with Gasteiger partial charge < -0.3 is 11.5 Å². The Bertz CT molecular complexity index is 209. The van der Waals surface area contributed by atoms with Gasteiger partial charge in [-0.05, 0) is 17.8 Å². The first-order valence-electron chi connectivity index (χ1n) is 4.37. The molecule has 3 heteroatoms. The Balaban J connectivity index is 2.85. The molecule has 0 spiro atoms. The zero-order chi connectivity index (χ0) is 9.57. The molecule has 0 aromatic rings. The second-order valence-corrected chi connectivity index (χ2v) is 4.80. The monoisotopic (exact) mass is 170 g/mol. The van der Waals surface area contributed by atoms with Gasteiger partial charge >= 0.3 is 0 Å². The molecule has 1 rings (SSSR count). The van der Waals surface area contributed by atoms with Crippen LogP contribution >= 0.6 is 0 Å². The molecule has 0 aliphatic heterocycles. The first-order chi connectivity index (χ1) is 5.26. The third-order valence-corrected chi connectivity index (χ3v) is 2.80. The van der Waals surface area contributed by atoms with E-state index in [4.69, 9.17) is 11.5 Å². The van der Waals surface area contributed by atoms with Gasteiger partial charge in [0.15, 0.2) is 5.78 Å². The van der Waals surface area contributed by atoms with Gasteiger partial charge in [-0.15, -0.1) is 0 Å². The lowest BCUT2D eigenvalue weighted by Crippen LogP contribution is -2.64. The third-order valence-electron chi connectivity index (χ3n) is 2.80. The van der Waals surface area contributed by atoms with E-state index >= 15 is 0 Å². The van der Waals surface area contributed by atoms with Crippen molar-refractivity contribution in [2.75, 3.05) is 0 Å². The number of nitrogens with two attached hydrogens (primary N) is 2. The molecule has 0 aromatic heterocycles. The number of carbonyl (C=O) groups excluding carboxylic acids is 1. The van der Waals surface area contributed by atoms with Crippen LogP contribution in [0, 0.1) is 11.3 Å². The van der Waals surface area contributed by atoms with Crippen molar-refractivity contribution in [3.05, 3.63) is 0 Å². The zero-order valence-electron chi connectivity index (χ0n) is 8.05. The fourth-order valence-corrected chi connectivity index (χ4v) is 1.93. The van der Waals surface area contributed by atoms with Gasteiger partial charge in [-0.2, -0.15) is 0 Å². The van der Waals surface area contributed by atoms with Gasteiger partial charge in [-0.25, -0.2) is 0 Å². The van der Waals surface area contributed by atoms with Gasteiger partial charge in [-0.1, -0.05) is 20.8 Å². The first kappa shape index (κ1) is 9.68. The predicted molar refractivity (Wildman–Crippen MR) is 48.3 cm³/mol. The Morgan fingerprint density at radius 2 is 1.92 bits per heavy atom. The van der Waals surface area contributed by atoms with Crippen LogP contribution in [0.2, 0.25) is 0 Å². The number of hydrogen-bond acceptors (Lipinski definition) is 3. The van der Waals surface area contributed by atoms with Gasteiger partial charge in [0.25, 0.3) is 0 Å². The lowest BCUT2D eigenvalue weighted by Gasteiger charge is -2.42. The molecule has 0 saturated heterocycles. The lowest BCUT2D eigenvalue weighted by atomic mass is 9.67. The number of carbonyl (C=O) groups is 1. The minimum atomic E-state index is -1.09. The average Bonchev–Trinajstić information content (AvgIpc) is 1.82. The van der Waals surface area contributed by atoms with E-state index in [1.54, 1.807) is 0 Å². The maximum atomic E-state index is 11.5. The van der Waals surface area contributed by atoms with Crippen LogP contribution in [0.1, 0.15) is 33.6 Å². The molecule has 0 radical (unpaired) electrons. The fraction of sp³-hybridized carbons (Fsp3) is 0.889. The fourth-order valence-electron chi connectivity index (χ4n) is 1.93. The Labute approximate surface area is 73.5 Å². The van der Waals surface area contributed by atoms with Crippen LogP contribution in [-0.4, -0.2) is 11.4 Å². The van der Waals surface area contributed by atoms with Crippen molar-refractivity contribution in [1.82, 2.24) is 0 Å². The summed E-state index contributed by atoms with van der Waals surface area (Å²) in [5.74, 6) is 0.0694. The maximum absolute atomic E-state index is 11.5.